The molecule has 0 saturated heterocycles. The summed E-state index contributed by atoms with van der Waals surface area (Å²) >= 11 is 0. The summed E-state index contributed by atoms with van der Waals surface area (Å²) in [5.74, 6) is 0.209. The zero-order valence-corrected chi connectivity index (χ0v) is 10.6. The van der Waals surface area contributed by atoms with Gasteiger partial charge in [-0.2, -0.15) is 0 Å². The van der Waals surface area contributed by atoms with Crippen LogP contribution in [0.25, 0.3) is 0 Å². The topological polar surface area (TPSA) is 85.2 Å². The number of primary amides is 1. The smallest absolute Gasteiger partial charge is 0.267 e. The maximum Gasteiger partial charge on any atom is 0.267 e. The van der Waals surface area contributed by atoms with E-state index < -0.39 is 5.91 Å². The maximum absolute atomic E-state index is 11.0. The lowest BCUT2D eigenvalue weighted by molar-refractivity contribution is 0.0995. The zero-order valence-electron chi connectivity index (χ0n) is 10.6. The molecule has 17 heavy (non-hydrogen) atoms. The van der Waals surface area contributed by atoms with Crippen LogP contribution in [-0.2, 0) is 0 Å². The van der Waals surface area contributed by atoms with Gasteiger partial charge in [0.15, 0.2) is 0 Å². The summed E-state index contributed by atoms with van der Waals surface area (Å²) in [6.45, 7) is 5.52. The van der Waals surface area contributed by atoms with Gasteiger partial charge in [0.2, 0.25) is 0 Å². The monoisotopic (exact) mass is 236 g/mol. The van der Waals surface area contributed by atoms with E-state index in [4.69, 9.17) is 11.5 Å². The molecule has 0 spiro atoms. The average Bonchev–Trinajstić information content (AvgIpc) is 2.28. The van der Waals surface area contributed by atoms with Gasteiger partial charge in [-0.3, -0.25) is 4.79 Å². The molecule has 4 N–H and O–H groups in total. The number of hydrogen-bond donors (Lipinski definition) is 2. The third-order valence-electron chi connectivity index (χ3n) is 2.60. The van der Waals surface area contributed by atoms with Gasteiger partial charge in [0.25, 0.3) is 5.91 Å². The van der Waals surface area contributed by atoms with Gasteiger partial charge < -0.3 is 16.4 Å². The van der Waals surface area contributed by atoms with E-state index in [2.05, 4.69) is 18.8 Å². The molecule has 1 amide bonds. The van der Waals surface area contributed by atoms with Gasteiger partial charge in [-0.25, -0.2) is 4.98 Å². The Kier molecular flexibility index (Phi) is 4.07. The van der Waals surface area contributed by atoms with Crippen molar-refractivity contribution in [3.63, 3.8) is 0 Å². The molecule has 0 aromatic carbocycles. The SMILES string of the molecule is CN(CC(C)(C)CN)c1cccc(C(N)=O)n1. The van der Waals surface area contributed by atoms with Crippen molar-refractivity contribution in [3.05, 3.63) is 23.9 Å². The minimum absolute atomic E-state index is 0.000835. The normalized spacial score (nSPS) is 11.3. The summed E-state index contributed by atoms with van der Waals surface area (Å²) in [7, 11) is 1.92. The van der Waals surface area contributed by atoms with E-state index in [0.717, 1.165) is 12.4 Å². The molecule has 1 rings (SSSR count). The first-order valence-corrected chi connectivity index (χ1v) is 5.54. The number of carbonyl (C=O) groups excluding carboxylic acids is 1. The van der Waals surface area contributed by atoms with Crippen LogP contribution in [-0.4, -0.2) is 31.0 Å². The molecule has 94 valence electrons. The fraction of sp³-hybridized carbons (Fsp3) is 0.500. The number of nitrogens with zero attached hydrogens (tertiary/aromatic N) is 2. The quantitative estimate of drug-likeness (QED) is 0.784. The summed E-state index contributed by atoms with van der Waals surface area (Å²) in [6.07, 6.45) is 0. The Hall–Kier alpha value is -1.62. The summed E-state index contributed by atoms with van der Waals surface area (Å²) < 4.78 is 0. The van der Waals surface area contributed by atoms with E-state index in [9.17, 15) is 4.79 Å². The largest absolute Gasteiger partial charge is 0.364 e. The van der Waals surface area contributed by atoms with Crippen LogP contribution in [0.15, 0.2) is 18.2 Å². The first kappa shape index (κ1) is 13.4. The molecule has 0 saturated carbocycles. The highest BCUT2D eigenvalue weighted by Gasteiger charge is 2.19. The standard InChI is InChI=1S/C12H20N4O/c1-12(2,7-13)8-16(3)10-6-4-5-9(15-10)11(14)17/h4-6H,7-8,13H2,1-3H3,(H2,14,17). The van der Waals surface area contributed by atoms with Crippen molar-refractivity contribution < 1.29 is 4.79 Å². The van der Waals surface area contributed by atoms with Gasteiger partial charge in [-0.05, 0) is 24.1 Å². The second-order valence-corrected chi connectivity index (χ2v) is 4.97. The molecule has 0 aliphatic heterocycles. The van der Waals surface area contributed by atoms with Crippen LogP contribution in [0.3, 0.4) is 0 Å². The van der Waals surface area contributed by atoms with Crippen LogP contribution in [0, 0.1) is 5.41 Å². The molecule has 1 aromatic rings. The number of carbonyl (C=O) groups is 1. The molecular formula is C12H20N4O. The molecule has 0 fully saturated rings. The third-order valence-corrected chi connectivity index (χ3v) is 2.60. The fourth-order valence-electron chi connectivity index (χ4n) is 1.56. The number of pyridine rings is 1. The Balaban J connectivity index is 2.85. The van der Waals surface area contributed by atoms with Crippen molar-refractivity contribution in [1.82, 2.24) is 4.98 Å². The van der Waals surface area contributed by atoms with E-state index in [1.807, 2.05) is 18.0 Å². The Labute approximate surface area is 102 Å². The van der Waals surface area contributed by atoms with Gasteiger partial charge in [-0.1, -0.05) is 19.9 Å². The van der Waals surface area contributed by atoms with Crippen molar-refractivity contribution in [1.29, 1.82) is 0 Å². The van der Waals surface area contributed by atoms with E-state index in [1.165, 1.54) is 0 Å². The number of hydrogen-bond acceptors (Lipinski definition) is 4. The van der Waals surface area contributed by atoms with Crippen LogP contribution in [0.1, 0.15) is 24.3 Å². The van der Waals surface area contributed by atoms with Crippen molar-refractivity contribution in [2.24, 2.45) is 16.9 Å². The highest BCUT2D eigenvalue weighted by Crippen LogP contribution is 2.18. The van der Waals surface area contributed by atoms with Gasteiger partial charge >= 0.3 is 0 Å². The fourth-order valence-corrected chi connectivity index (χ4v) is 1.56. The van der Waals surface area contributed by atoms with Gasteiger partial charge in [0.05, 0.1) is 0 Å². The van der Waals surface area contributed by atoms with Gasteiger partial charge in [-0.15, -0.1) is 0 Å². The molecule has 1 heterocycles. The van der Waals surface area contributed by atoms with E-state index in [0.29, 0.717) is 6.54 Å². The molecule has 0 radical (unpaired) electrons. The molecule has 0 unspecified atom stereocenters. The zero-order chi connectivity index (χ0) is 13.1. The van der Waals surface area contributed by atoms with Crippen molar-refractivity contribution in [2.75, 3.05) is 25.0 Å². The molecular weight excluding hydrogens is 216 g/mol. The minimum atomic E-state index is -0.515. The number of amides is 1. The van der Waals surface area contributed by atoms with Crippen LogP contribution in [0.5, 0.6) is 0 Å². The van der Waals surface area contributed by atoms with Crippen molar-refractivity contribution in [3.8, 4) is 0 Å². The van der Waals surface area contributed by atoms with Crippen LogP contribution < -0.4 is 16.4 Å². The summed E-state index contributed by atoms with van der Waals surface area (Å²) in [6, 6.07) is 5.22. The molecule has 1 aromatic heterocycles. The van der Waals surface area contributed by atoms with E-state index in [1.54, 1.807) is 12.1 Å². The molecule has 0 aliphatic rings. The Morgan fingerprint density at radius 2 is 2.12 bits per heavy atom. The summed E-state index contributed by atoms with van der Waals surface area (Å²) in [5.41, 5.74) is 11.2. The van der Waals surface area contributed by atoms with E-state index in [-0.39, 0.29) is 11.1 Å². The molecule has 0 atom stereocenters. The van der Waals surface area contributed by atoms with Gasteiger partial charge in [0, 0.05) is 13.6 Å². The Bertz CT molecular complexity index is 403. The molecule has 5 nitrogen and oxygen atoms in total. The minimum Gasteiger partial charge on any atom is -0.364 e. The molecule has 0 bridgehead atoms. The lowest BCUT2D eigenvalue weighted by Crippen LogP contribution is -2.37. The van der Waals surface area contributed by atoms with Crippen LogP contribution in [0.4, 0.5) is 5.82 Å². The predicted octanol–water partition coefficient (Wildman–Crippen LogP) is 0.602. The van der Waals surface area contributed by atoms with Crippen molar-refractivity contribution >= 4 is 11.7 Å². The predicted molar refractivity (Wildman–Crippen MR) is 68.9 cm³/mol. The lowest BCUT2D eigenvalue weighted by atomic mass is 9.93. The van der Waals surface area contributed by atoms with Crippen molar-refractivity contribution in [2.45, 2.75) is 13.8 Å². The Morgan fingerprint density at radius 1 is 1.47 bits per heavy atom. The summed E-state index contributed by atoms with van der Waals surface area (Å²) in [5, 5.41) is 0. The third kappa shape index (κ3) is 3.71. The first-order valence-electron chi connectivity index (χ1n) is 5.54. The number of nitrogens with two attached hydrogens (primary N) is 2. The maximum atomic E-state index is 11.0. The van der Waals surface area contributed by atoms with Crippen LogP contribution >= 0.6 is 0 Å². The molecule has 5 heteroatoms. The number of anilines is 1. The lowest BCUT2D eigenvalue weighted by Gasteiger charge is -2.29. The van der Waals surface area contributed by atoms with Gasteiger partial charge in [0.1, 0.15) is 11.5 Å². The number of rotatable bonds is 5. The highest BCUT2D eigenvalue weighted by atomic mass is 16.1. The second kappa shape index (κ2) is 5.14. The second-order valence-electron chi connectivity index (χ2n) is 4.97. The van der Waals surface area contributed by atoms with E-state index >= 15 is 0 Å². The summed E-state index contributed by atoms with van der Waals surface area (Å²) in [4.78, 5) is 17.2. The number of aromatic nitrogens is 1. The first-order chi connectivity index (χ1) is 7.85. The van der Waals surface area contributed by atoms with Crippen LogP contribution in [0.2, 0.25) is 0 Å². The average molecular weight is 236 g/mol. The Morgan fingerprint density at radius 3 is 2.65 bits per heavy atom. The molecule has 0 aliphatic carbocycles. The highest BCUT2D eigenvalue weighted by molar-refractivity contribution is 5.91.